The minimum absolute atomic E-state index is 0.228. The molecule has 0 heterocycles. The van der Waals surface area contributed by atoms with Gasteiger partial charge in [0.1, 0.15) is 0 Å². The number of thiocarbonyl (C=S) groups is 1. The van der Waals surface area contributed by atoms with Crippen LogP contribution in [-0.4, -0.2) is 10.5 Å². The molecule has 0 aromatic carbocycles. The minimum Gasteiger partial charge on any atom is -0.476 e. The molecule has 0 fully saturated rings. The summed E-state index contributed by atoms with van der Waals surface area (Å²) in [7, 11) is 0. The zero-order valence-electron chi connectivity index (χ0n) is 9.29. The van der Waals surface area contributed by atoms with Gasteiger partial charge in [0.05, 0.1) is 6.10 Å². The van der Waals surface area contributed by atoms with E-state index in [2.05, 4.69) is 26.5 Å². The molecule has 0 aliphatic rings. The maximum Gasteiger partial charge on any atom is 0.217 e. The zero-order chi connectivity index (χ0) is 10.8. The molecule has 3 heteroatoms. The first-order valence-corrected chi connectivity index (χ1v) is 6.42. The van der Waals surface area contributed by atoms with E-state index >= 15 is 0 Å². The molecule has 0 bridgehead atoms. The third-order valence-electron chi connectivity index (χ3n) is 2.27. The molecule has 0 radical (unpaired) electrons. The molecule has 14 heavy (non-hydrogen) atoms. The Morgan fingerprint density at radius 1 is 1.21 bits per heavy atom. The van der Waals surface area contributed by atoms with E-state index in [0.29, 0.717) is 4.38 Å². The number of unbranched alkanes of at least 4 members (excludes halogenated alkanes) is 5. The number of ether oxygens (including phenoxy) is 1. The van der Waals surface area contributed by atoms with E-state index in [1.165, 1.54) is 38.5 Å². The molecule has 0 aliphatic carbocycles. The van der Waals surface area contributed by atoms with Gasteiger partial charge in [0.15, 0.2) is 0 Å². The first-order valence-electron chi connectivity index (χ1n) is 5.56. The topological polar surface area (TPSA) is 9.23 Å². The first-order chi connectivity index (χ1) is 6.66. The lowest BCUT2D eigenvalue weighted by Gasteiger charge is -2.12. The van der Waals surface area contributed by atoms with Crippen molar-refractivity contribution >= 4 is 29.2 Å². The smallest absolute Gasteiger partial charge is 0.217 e. The summed E-state index contributed by atoms with van der Waals surface area (Å²) >= 11 is 8.69. The van der Waals surface area contributed by atoms with Crippen molar-refractivity contribution in [2.75, 3.05) is 0 Å². The molecule has 1 unspecified atom stereocenters. The highest BCUT2D eigenvalue weighted by Gasteiger charge is 2.02. The van der Waals surface area contributed by atoms with Crippen LogP contribution < -0.4 is 0 Å². The zero-order valence-corrected chi connectivity index (χ0v) is 11.0. The Morgan fingerprint density at radius 3 is 2.36 bits per heavy atom. The monoisotopic (exact) mass is 234 g/mol. The summed E-state index contributed by atoms with van der Waals surface area (Å²) in [5.74, 6) is 0. The molecule has 1 atom stereocenters. The molecule has 84 valence electrons. The Balaban J connectivity index is 3.14. The maximum absolute atomic E-state index is 5.27. The summed E-state index contributed by atoms with van der Waals surface area (Å²) in [4.78, 5) is 0. The van der Waals surface area contributed by atoms with Crippen LogP contribution in [0, 0.1) is 0 Å². The molecule has 0 rings (SSSR count). The minimum atomic E-state index is 0.228. The molecule has 0 saturated heterocycles. The van der Waals surface area contributed by atoms with E-state index in [4.69, 9.17) is 17.0 Å². The van der Waals surface area contributed by atoms with Gasteiger partial charge in [0.25, 0.3) is 0 Å². The van der Waals surface area contributed by atoms with E-state index in [-0.39, 0.29) is 6.10 Å². The SMILES string of the molecule is CCCCCCCCC(C)OC(=S)S. The van der Waals surface area contributed by atoms with Crippen molar-refractivity contribution in [3.05, 3.63) is 0 Å². The van der Waals surface area contributed by atoms with Gasteiger partial charge in [-0.2, -0.15) is 0 Å². The summed E-state index contributed by atoms with van der Waals surface area (Å²) in [5, 5.41) is 0. The van der Waals surface area contributed by atoms with Crippen LogP contribution >= 0.6 is 24.8 Å². The van der Waals surface area contributed by atoms with Crippen molar-refractivity contribution in [2.45, 2.75) is 64.9 Å². The molecular formula is C11H22OS2. The fourth-order valence-electron chi connectivity index (χ4n) is 1.44. The molecule has 0 saturated carbocycles. The summed E-state index contributed by atoms with van der Waals surface area (Å²) in [6.45, 7) is 4.29. The first kappa shape index (κ1) is 14.2. The van der Waals surface area contributed by atoms with Crippen LogP contribution in [-0.2, 0) is 4.74 Å². The third-order valence-corrected chi connectivity index (χ3v) is 2.47. The maximum atomic E-state index is 5.27. The molecular weight excluding hydrogens is 212 g/mol. The van der Waals surface area contributed by atoms with Crippen molar-refractivity contribution in [3.8, 4) is 0 Å². The van der Waals surface area contributed by atoms with E-state index < -0.39 is 0 Å². The van der Waals surface area contributed by atoms with Crippen molar-refractivity contribution in [1.82, 2.24) is 0 Å². The standard InChI is InChI=1S/C11H22OS2/c1-3-4-5-6-7-8-9-10(2)12-11(13)14/h10H,3-9H2,1-2H3,(H,13,14). The summed E-state index contributed by atoms with van der Waals surface area (Å²) in [5.41, 5.74) is 0. The number of rotatable bonds is 8. The van der Waals surface area contributed by atoms with Crippen molar-refractivity contribution in [1.29, 1.82) is 0 Å². The molecule has 0 spiro atoms. The van der Waals surface area contributed by atoms with E-state index in [9.17, 15) is 0 Å². The van der Waals surface area contributed by atoms with Crippen LogP contribution in [0.5, 0.6) is 0 Å². The van der Waals surface area contributed by atoms with Crippen LogP contribution in [0.25, 0.3) is 0 Å². The summed E-state index contributed by atoms with van der Waals surface area (Å²) in [6, 6.07) is 0. The Labute approximate surface area is 99.0 Å². The predicted molar refractivity (Wildman–Crippen MR) is 70.1 cm³/mol. The Morgan fingerprint density at radius 2 is 1.79 bits per heavy atom. The van der Waals surface area contributed by atoms with Crippen LogP contribution in [0.2, 0.25) is 0 Å². The van der Waals surface area contributed by atoms with Gasteiger partial charge in [0.2, 0.25) is 4.38 Å². The fraction of sp³-hybridized carbons (Fsp3) is 0.909. The number of hydrogen-bond donors (Lipinski definition) is 1. The second-order valence-corrected chi connectivity index (χ2v) is 4.83. The lowest BCUT2D eigenvalue weighted by atomic mass is 10.1. The van der Waals surface area contributed by atoms with E-state index in [1.54, 1.807) is 0 Å². The van der Waals surface area contributed by atoms with Gasteiger partial charge in [-0.05, 0) is 32.0 Å². The van der Waals surface area contributed by atoms with Crippen LogP contribution in [0.4, 0.5) is 0 Å². The lowest BCUT2D eigenvalue weighted by molar-refractivity contribution is 0.206. The van der Waals surface area contributed by atoms with Crippen molar-refractivity contribution in [2.24, 2.45) is 0 Å². The summed E-state index contributed by atoms with van der Waals surface area (Å²) in [6.07, 6.45) is 9.27. The highest BCUT2D eigenvalue weighted by Crippen LogP contribution is 2.10. The number of thiol groups is 1. The molecule has 0 N–H and O–H groups in total. The average molecular weight is 234 g/mol. The van der Waals surface area contributed by atoms with E-state index in [1.807, 2.05) is 0 Å². The molecule has 1 nitrogen and oxygen atoms in total. The van der Waals surface area contributed by atoms with Crippen LogP contribution in [0.15, 0.2) is 0 Å². The average Bonchev–Trinajstić information content (AvgIpc) is 2.10. The number of hydrogen-bond acceptors (Lipinski definition) is 2. The highest BCUT2D eigenvalue weighted by atomic mass is 32.1. The second-order valence-electron chi connectivity index (χ2n) is 3.75. The fourth-order valence-corrected chi connectivity index (χ4v) is 1.79. The van der Waals surface area contributed by atoms with E-state index in [0.717, 1.165) is 6.42 Å². The second kappa shape index (κ2) is 9.78. The largest absolute Gasteiger partial charge is 0.476 e. The van der Waals surface area contributed by atoms with Crippen LogP contribution in [0.3, 0.4) is 0 Å². The normalized spacial score (nSPS) is 12.5. The molecule has 0 aromatic heterocycles. The van der Waals surface area contributed by atoms with Gasteiger partial charge >= 0.3 is 0 Å². The molecule has 0 amide bonds. The van der Waals surface area contributed by atoms with Crippen molar-refractivity contribution in [3.63, 3.8) is 0 Å². The highest BCUT2D eigenvalue weighted by molar-refractivity contribution is 8.10. The predicted octanol–water partition coefficient (Wildman–Crippen LogP) is 4.36. The van der Waals surface area contributed by atoms with Gasteiger partial charge in [0, 0.05) is 0 Å². The quantitative estimate of drug-likeness (QED) is 0.380. The summed E-state index contributed by atoms with van der Waals surface area (Å²) < 4.78 is 5.64. The van der Waals surface area contributed by atoms with Gasteiger partial charge in [-0.3, -0.25) is 0 Å². The van der Waals surface area contributed by atoms with Gasteiger partial charge < -0.3 is 4.74 Å². The lowest BCUT2D eigenvalue weighted by Crippen LogP contribution is -2.09. The van der Waals surface area contributed by atoms with Crippen LogP contribution in [0.1, 0.15) is 58.8 Å². The Kier molecular flexibility index (Phi) is 9.95. The van der Waals surface area contributed by atoms with Crippen molar-refractivity contribution < 1.29 is 4.74 Å². The molecule has 0 aliphatic heterocycles. The third kappa shape index (κ3) is 10.3. The Hall–Kier alpha value is 0.240. The van der Waals surface area contributed by atoms with Gasteiger partial charge in [-0.1, -0.05) is 51.7 Å². The Bertz CT molecular complexity index is 148. The molecule has 0 aromatic rings. The van der Waals surface area contributed by atoms with Gasteiger partial charge in [-0.25, -0.2) is 0 Å². The van der Waals surface area contributed by atoms with Gasteiger partial charge in [-0.15, -0.1) is 0 Å².